The van der Waals surface area contributed by atoms with Gasteiger partial charge in [-0.25, -0.2) is 0 Å². The van der Waals surface area contributed by atoms with E-state index < -0.39 is 0 Å². The minimum absolute atomic E-state index is 0.240. The number of nitrogens with zero attached hydrogens (tertiary/aromatic N) is 1. The number of hydrogen-bond acceptors (Lipinski definition) is 3. The van der Waals surface area contributed by atoms with Gasteiger partial charge in [0.1, 0.15) is 0 Å². The van der Waals surface area contributed by atoms with E-state index in [1.165, 1.54) is 0 Å². The fourth-order valence-electron chi connectivity index (χ4n) is 1.63. The SMILES string of the molecule is CC(C)CC(CN(C)C)NCCC(N)=O. The van der Waals surface area contributed by atoms with Gasteiger partial charge in [-0.1, -0.05) is 13.8 Å². The van der Waals surface area contributed by atoms with Crippen LogP contribution >= 0.6 is 0 Å². The van der Waals surface area contributed by atoms with Gasteiger partial charge >= 0.3 is 0 Å². The van der Waals surface area contributed by atoms with Crippen LogP contribution in [0.5, 0.6) is 0 Å². The molecule has 0 aromatic rings. The van der Waals surface area contributed by atoms with Crippen LogP contribution in [0.25, 0.3) is 0 Å². The predicted octanol–water partition coefficient (Wildman–Crippen LogP) is 0.428. The molecule has 15 heavy (non-hydrogen) atoms. The van der Waals surface area contributed by atoms with Crippen molar-refractivity contribution in [3.8, 4) is 0 Å². The fourth-order valence-corrected chi connectivity index (χ4v) is 1.63. The first-order valence-corrected chi connectivity index (χ1v) is 5.58. The lowest BCUT2D eigenvalue weighted by molar-refractivity contribution is -0.117. The molecule has 0 bridgehead atoms. The topological polar surface area (TPSA) is 58.4 Å². The molecule has 0 radical (unpaired) electrons. The van der Waals surface area contributed by atoms with E-state index in [0.717, 1.165) is 13.0 Å². The number of hydrogen-bond donors (Lipinski definition) is 2. The summed E-state index contributed by atoms with van der Waals surface area (Å²) in [6, 6.07) is 0.444. The van der Waals surface area contributed by atoms with E-state index >= 15 is 0 Å². The number of amides is 1. The Morgan fingerprint density at radius 1 is 1.40 bits per heavy atom. The predicted molar refractivity (Wildman–Crippen MR) is 63.6 cm³/mol. The molecule has 4 nitrogen and oxygen atoms in total. The van der Waals surface area contributed by atoms with Gasteiger partial charge in [0.2, 0.25) is 5.91 Å². The molecule has 0 rings (SSSR count). The van der Waals surface area contributed by atoms with Crippen LogP contribution in [-0.4, -0.2) is 44.0 Å². The molecule has 0 fully saturated rings. The Kier molecular flexibility index (Phi) is 7.34. The molecule has 0 aromatic carbocycles. The normalized spacial score (nSPS) is 13.5. The van der Waals surface area contributed by atoms with E-state index in [9.17, 15) is 4.79 Å². The molecule has 0 saturated heterocycles. The van der Waals surface area contributed by atoms with E-state index in [1.54, 1.807) is 0 Å². The Bertz CT molecular complexity index is 171. The average Bonchev–Trinajstić information content (AvgIpc) is 2.00. The van der Waals surface area contributed by atoms with E-state index in [1.807, 2.05) is 0 Å². The zero-order valence-electron chi connectivity index (χ0n) is 10.4. The lowest BCUT2D eigenvalue weighted by Gasteiger charge is -2.23. The van der Waals surface area contributed by atoms with Gasteiger partial charge in [-0.3, -0.25) is 4.79 Å². The van der Waals surface area contributed by atoms with Gasteiger partial charge in [-0.05, 0) is 26.4 Å². The van der Waals surface area contributed by atoms with Gasteiger partial charge in [0, 0.05) is 25.6 Å². The molecule has 4 heteroatoms. The first-order chi connectivity index (χ1) is 6.91. The molecule has 90 valence electrons. The molecule has 0 aromatic heterocycles. The Morgan fingerprint density at radius 2 is 2.00 bits per heavy atom. The highest BCUT2D eigenvalue weighted by Gasteiger charge is 2.11. The first-order valence-electron chi connectivity index (χ1n) is 5.58. The van der Waals surface area contributed by atoms with Gasteiger partial charge in [0.15, 0.2) is 0 Å². The number of nitrogens with two attached hydrogens (primary N) is 1. The summed E-state index contributed by atoms with van der Waals surface area (Å²) in [5.41, 5.74) is 5.09. The molecule has 0 aliphatic carbocycles. The number of rotatable bonds is 8. The minimum Gasteiger partial charge on any atom is -0.370 e. The quantitative estimate of drug-likeness (QED) is 0.617. The van der Waals surface area contributed by atoms with Crippen molar-refractivity contribution in [2.24, 2.45) is 11.7 Å². The number of carbonyl (C=O) groups excluding carboxylic acids is 1. The zero-order valence-corrected chi connectivity index (χ0v) is 10.4. The fraction of sp³-hybridized carbons (Fsp3) is 0.909. The molecule has 0 spiro atoms. The van der Waals surface area contributed by atoms with E-state index in [0.29, 0.717) is 24.9 Å². The summed E-state index contributed by atoms with van der Waals surface area (Å²) in [7, 11) is 4.12. The largest absolute Gasteiger partial charge is 0.370 e. The third-order valence-corrected chi connectivity index (χ3v) is 2.15. The van der Waals surface area contributed by atoms with Gasteiger partial charge in [-0.15, -0.1) is 0 Å². The molecule has 1 unspecified atom stereocenters. The maximum atomic E-state index is 10.6. The van der Waals surface area contributed by atoms with Crippen molar-refractivity contribution in [2.45, 2.75) is 32.7 Å². The highest BCUT2D eigenvalue weighted by Crippen LogP contribution is 2.05. The summed E-state index contributed by atoms with van der Waals surface area (Å²) in [6.07, 6.45) is 1.54. The third-order valence-electron chi connectivity index (χ3n) is 2.15. The maximum absolute atomic E-state index is 10.6. The monoisotopic (exact) mass is 215 g/mol. The Balaban J connectivity index is 3.84. The van der Waals surface area contributed by atoms with Crippen LogP contribution in [0.15, 0.2) is 0 Å². The van der Waals surface area contributed by atoms with Gasteiger partial charge in [0.25, 0.3) is 0 Å². The summed E-state index contributed by atoms with van der Waals surface area (Å²) in [6.45, 7) is 6.09. The third kappa shape index (κ3) is 9.69. The maximum Gasteiger partial charge on any atom is 0.218 e. The summed E-state index contributed by atoms with van der Waals surface area (Å²) in [5, 5.41) is 3.37. The van der Waals surface area contributed by atoms with Crippen LogP contribution in [-0.2, 0) is 4.79 Å². The lowest BCUT2D eigenvalue weighted by Crippen LogP contribution is -2.40. The van der Waals surface area contributed by atoms with Crippen LogP contribution in [0.2, 0.25) is 0 Å². The van der Waals surface area contributed by atoms with Crippen LogP contribution < -0.4 is 11.1 Å². The molecule has 0 saturated carbocycles. The van der Waals surface area contributed by atoms with Crippen molar-refractivity contribution in [1.82, 2.24) is 10.2 Å². The number of carbonyl (C=O) groups is 1. The second-order valence-electron chi connectivity index (χ2n) is 4.76. The summed E-state index contributed by atoms with van der Waals surface area (Å²) in [5.74, 6) is 0.423. The standard InChI is InChI=1S/C11H25N3O/c1-9(2)7-10(8-14(3)4)13-6-5-11(12)15/h9-10,13H,5-8H2,1-4H3,(H2,12,15). The molecular formula is C11H25N3O. The molecule has 0 aliphatic rings. The summed E-state index contributed by atoms with van der Waals surface area (Å²) < 4.78 is 0. The molecule has 0 aliphatic heterocycles. The van der Waals surface area contributed by atoms with Crippen LogP contribution in [0.3, 0.4) is 0 Å². The molecule has 3 N–H and O–H groups in total. The summed E-state index contributed by atoms with van der Waals surface area (Å²) in [4.78, 5) is 12.8. The van der Waals surface area contributed by atoms with E-state index in [2.05, 4.69) is 38.2 Å². The van der Waals surface area contributed by atoms with Crippen molar-refractivity contribution in [3.63, 3.8) is 0 Å². The lowest BCUT2D eigenvalue weighted by atomic mass is 10.0. The smallest absolute Gasteiger partial charge is 0.218 e. The zero-order chi connectivity index (χ0) is 11.8. The highest BCUT2D eigenvalue weighted by atomic mass is 16.1. The number of primary amides is 1. The van der Waals surface area contributed by atoms with Crippen LogP contribution in [0.4, 0.5) is 0 Å². The number of nitrogens with one attached hydrogen (secondary N) is 1. The second kappa shape index (κ2) is 7.65. The van der Waals surface area contributed by atoms with Gasteiger partial charge in [0.05, 0.1) is 0 Å². The van der Waals surface area contributed by atoms with Crippen molar-refractivity contribution < 1.29 is 4.79 Å². The molecule has 1 atom stereocenters. The minimum atomic E-state index is -0.240. The van der Waals surface area contributed by atoms with Crippen LogP contribution in [0.1, 0.15) is 26.7 Å². The average molecular weight is 215 g/mol. The van der Waals surface area contributed by atoms with E-state index in [4.69, 9.17) is 5.73 Å². The van der Waals surface area contributed by atoms with Gasteiger partial charge in [-0.2, -0.15) is 0 Å². The van der Waals surface area contributed by atoms with Gasteiger partial charge < -0.3 is 16.0 Å². The Morgan fingerprint density at radius 3 is 2.40 bits per heavy atom. The second-order valence-corrected chi connectivity index (χ2v) is 4.76. The Labute approximate surface area is 93.2 Å². The first kappa shape index (κ1) is 14.4. The van der Waals surface area contributed by atoms with Crippen molar-refractivity contribution >= 4 is 5.91 Å². The van der Waals surface area contributed by atoms with E-state index in [-0.39, 0.29) is 5.91 Å². The summed E-state index contributed by atoms with van der Waals surface area (Å²) >= 11 is 0. The highest BCUT2D eigenvalue weighted by molar-refractivity contribution is 5.73. The Hall–Kier alpha value is -0.610. The van der Waals surface area contributed by atoms with Crippen LogP contribution in [0, 0.1) is 5.92 Å². The molecule has 1 amide bonds. The molecule has 0 heterocycles. The van der Waals surface area contributed by atoms with Crippen molar-refractivity contribution in [3.05, 3.63) is 0 Å². The van der Waals surface area contributed by atoms with Crippen molar-refractivity contribution in [1.29, 1.82) is 0 Å². The number of likely N-dealkylation sites (N-methyl/N-ethyl adjacent to an activating group) is 1. The van der Waals surface area contributed by atoms with Crippen molar-refractivity contribution in [2.75, 3.05) is 27.2 Å². The molecular weight excluding hydrogens is 190 g/mol.